The molecule has 0 aliphatic carbocycles. The number of ether oxygens (including phenoxy) is 1. The average molecular weight is 235 g/mol. The van der Waals surface area contributed by atoms with Crippen LogP contribution in [0.15, 0.2) is 24.4 Å². The topological polar surface area (TPSA) is 71.7 Å². The van der Waals surface area contributed by atoms with Gasteiger partial charge in [0.2, 0.25) is 0 Å². The number of methoxy groups -OCH3 is 1. The molecule has 0 fully saturated rings. The van der Waals surface area contributed by atoms with Crippen LogP contribution in [0, 0.1) is 0 Å². The van der Waals surface area contributed by atoms with Gasteiger partial charge in [-0.25, -0.2) is 4.79 Å². The third-order valence-corrected chi connectivity index (χ3v) is 2.74. The summed E-state index contributed by atoms with van der Waals surface area (Å²) in [5.41, 5.74) is 2.15. The van der Waals surface area contributed by atoms with Gasteiger partial charge in [0.05, 0.1) is 18.7 Å². The van der Waals surface area contributed by atoms with Crippen LogP contribution < -0.4 is 0 Å². The minimum atomic E-state index is -1.04. The largest absolute Gasteiger partial charge is 0.464 e. The first-order valence-electron chi connectivity index (χ1n) is 5.14. The Morgan fingerprint density at radius 2 is 2.18 bits per heavy atom. The van der Waals surface area contributed by atoms with E-state index in [2.05, 4.69) is 0 Å². The van der Waals surface area contributed by atoms with Gasteiger partial charge in [-0.15, -0.1) is 0 Å². The van der Waals surface area contributed by atoms with Gasteiger partial charge in [0.25, 0.3) is 0 Å². The second-order valence-corrected chi connectivity index (χ2v) is 3.70. The van der Waals surface area contributed by atoms with Gasteiger partial charge in [-0.3, -0.25) is 4.57 Å². The number of aliphatic hydroxyl groups is 1. The van der Waals surface area contributed by atoms with E-state index < -0.39 is 6.09 Å². The summed E-state index contributed by atoms with van der Waals surface area (Å²) in [5.74, 6) is 0. The zero-order valence-electron chi connectivity index (χ0n) is 9.38. The van der Waals surface area contributed by atoms with Gasteiger partial charge in [0, 0.05) is 18.7 Å². The first-order chi connectivity index (χ1) is 8.19. The molecule has 0 saturated heterocycles. The van der Waals surface area contributed by atoms with Crippen molar-refractivity contribution in [2.45, 2.75) is 13.2 Å². The lowest BCUT2D eigenvalue weighted by molar-refractivity contribution is 0.181. The zero-order chi connectivity index (χ0) is 12.4. The molecule has 2 rings (SSSR count). The summed E-state index contributed by atoms with van der Waals surface area (Å²) < 4.78 is 6.17. The zero-order valence-corrected chi connectivity index (χ0v) is 9.38. The Morgan fingerprint density at radius 1 is 1.41 bits per heavy atom. The van der Waals surface area contributed by atoms with Crippen molar-refractivity contribution in [3.63, 3.8) is 0 Å². The molecule has 0 atom stereocenters. The Balaban J connectivity index is 2.66. The van der Waals surface area contributed by atoms with Crippen LogP contribution in [0.1, 0.15) is 11.1 Å². The van der Waals surface area contributed by atoms with E-state index in [1.807, 2.05) is 0 Å². The Hall–Kier alpha value is -1.85. The minimum Gasteiger partial charge on any atom is -0.464 e. The van der Waals surface area contributed by atoms with Crippen LogP contribution >= 0.6 is 0 Å². The van der Waals surface area contributed by atoms with Crippen molar-refractivity contribution >= 4 is 17.0 Å². The van der Waals surface area contributed by atoms with Crippen molar-refractivity contribution in [3.05, 3.63) is 35.5 Å². The van der Waals surface area contributed by atoms with Gasteiger partial charge in [0.1, 0.15) is 0 Å². The van der Waals surface area contributed by atoms with Crippen LogP contribution in [-0.2, 0) is 18.0 Å². The van der Waals surface area contributed by atoms with Crippen molar-refractivity contribution in [3.8, 4) is 0 Å². The predicted octanol–water partition coefficient (Wildman–Crippen LogP) is 1.81. The van der Waals surface area contributed by atoms with Crippen molar-refractivity contribution < 1.29 is 19.7 Å². The van der Waals surface area contributed by atoms with Crippen molar-refractivity contribution in [1.29, 1.82) is 0 Å². The lowest BCUT2D eigenvalue weighted by Crippen LogP contribution is -2.06. The van der Waals surface area contributed by atoms with Crippen LogP contribution in [0.2, 0.25) is 0 Å². The molecule has 0 aliphatic heterocycles. The third-order valence-electron chi connectivity index (χ3n) is 2.74. The molecule has 5 heteroatoms. The highest BCUT2D eigenvalue weighted by molar-refractivity contribution is 5.91. The van der Waals surface area contributed by atoms with Gasteiger partial charge in [-0.2, -0.15) is 0 Å². The lowest BCUT2D eigenvalue weighted by Gasteiger charge is -2.08. The van der Waals surface area contributed by atoms with E-state index in [0.29, 0.717) is 17.7 Å². The van der Waals surface area contributed by atoms with Crippen molar-refractivity contribution in [2.75, 3.05) is 7.11 Å². The van der Waals surface area contributed by atoms with Gasteiger partial charge in [-0.1, -0.05) is 6.07 Å². The average Bonchev–Trinajstić information content (AvgIpc) is 2.73. The SMILES string of the molecule is COCc1ccc2c(ccn2C(=O)O)c1CO. The number of aliphatic hydroxyl groups excluding tert-OH is 1. The number of carboxylic acid groups (broad SMARTS) is 1. The number of nitrogens with zero attached hydrogens (tertiary/aromatic N) is 1. The maximum atomic E-state index is 11.0. The van der Waals surface area contributed by atoms with E-state index in [1.54, 1.807) is 25.3 Å². The molecule has 0 unspecified atom stereocenters. The Morgan fingerprint density at radius 3 is 2.76 bits per heavy atom. The number of fused-ring (bicyclic) bond motifs is 1. The van der Waals surface area contributed by atoms with Crippen molar-refractivity contribution in [2.24, 2.45) is 0 Å². The second kappa shape index (κ2) is 4.57. The number of carbonyl (C=O) groups is 1. The van der Waals surface area contributed by atoms with E-state index in [0.717, 1.165) is 15.5 Å². The highest BCUT2D eigenvalue weighted by Crippen LogP contribution is 2.24. The van der Waals surface area contributed by atoms with Gasteiger partial charge in [0.15, 0.2) is 0 Å². The summed E-state index contributed by atoms with van der Waals surface area (Å²) >= 11 is 0. The van der Waals surface area contributed by atoms with E-state index >= 15 is 0 Å². The summed E-state index contributed by atoms with van der Waals surface area (Å²) in [6.45, 7) is 0.254. The monoisotopic (exact) mass is 235 g/mol. The minimum absolute atomic E-state index is 0.139. The predicted molar refractivity (Wildman–Crippen MR) is 62.0 cm³/mol. The number of rotatable bonds is 3. The van der Waals surface area contributed by atoms with Gasteiger partial charge >= 0.3 is 6.09 Å². The van der Waals surface area contributed by atoms with E-state index in [1.165, 1.54) is 6.20 Å². The molecule has 2 aromatic rings. The Kier molecular flexibility index (Phi) is 3.12. The van der Waals surface area contributed by atoms with Gasteiger partial charge in [-0.05, 0) is 23.3 Å². The Bertz CT molecular complexity index is 559. The first-order valence-corrected chi connectivity index (χ1v) is 5.14. The summed E-state index contributed by atoms with van der Waals surface area (Å²) in [7, 11) is 1.58. The molecule has 5 nitrogen and oxygen atoms in total. The van der Waals surface area contributed by atoms with Crippen LogP contribution in [0.3, 0.4) is 0 Å². The van der Waals surface area contributed by atoms with Crippen LogP contribution in [0.5, 0.6) is 0 Å². The third kappa shape index (κ3) is 1.90. The number of benzene rings is 1. The fourth-order valence-corrected chi connectivity index (χ4v) is 1.97. The maximum Gasteiger partial charge on any atom is 0.415 e. The molecule has 90 valence electrons. The normalized spacial score (nSPS) is 10.9. The number of hydrogen-bond donors (Lipinski definition) is 2. The van der Waals surface area contributed by atoms with Crippen molar-refractivity contribution in [1.82, 2.24) is 4.57 Å². The summed E-state index contributed by atoms with van der Waals surface area (Å²) in [6, 6.07) is 5.18. The molecule has 0 saturated carbocycles. The molecule has 1 aromatic heterocycles. The molecule has 2 N–H and O–H groups in total. The maximum absolute atomic E-state index is 11.0. The summed E-state index contributed by atoms with van der Waals surface area (Å²) in [6.07, 6.45) is 0.436. The molecule has 17 heavy (non-hydrogen) atoms. The smallest absolute Gasteiger partial charge is 0.415 e. The Labute approximate surface area is 97.9 Å². The molecular weight excluding hydrogens is 222 g/mol. The standard InChI is InChI=1S/C12H13NO4/c1-17-7-8-2-3-11-9(10(8)6-14)4-5-13(11)12(15)16/h2-5,14H,6-7H2,1H3,(H,15,16). The van der Waals surface area contributed by atoms with Crippen LogP contribution in [0.25, 0.3) is 10.9 Å². The fraction of sp³-hybridized carbons (Fsp3) is 0.250. The van der Waals surface area contributed by atoms with E-state index in [-0.39, 0.29) is 6.61 Å². The highest BCUT2D eigenvalue weighted by atomic mass is 16.5. The molecule has 0 radical (unpaired) electrons. The lowest BCUT2D eigenvalue weighted by atomic mass is 10.0. The number of aromatic nitrogens is 1. The molecule has 1 heterocycles. The van der Waals surface area contributed by atoms with Crippen LogP contribution in [-0.4, -0.2) is 28.0 Å². The van der Waals surface area contributed by atoms with E-state index in [4.69, 9.17) is 9.84 Å². The second-order valence-electron chi connectivity index (χ2n) is 3.70. The molecule has 0 aliphatic rings. The summed E-state index contributed by atoms with van der Waals surface area (Å²) in [5, 5.41) is 19.1. The van der Waals surface area contributed by atoms with E-state index in [9.17, 15) is 9.90 Å². The molecule has 0 amide bonds. The molecular formula is C12H13NO4. The molecule has 1 aromatic carbocycles. The van der Waals surface area contributed by atoms with Crippen LogP contribution in [0.4, 0.5) is 4.79 Å². The summed E-state index contributed by atoms with van der Waals surface area (Å²) in [4.78, 5) is 11.0. The highest BCUT2D eigenvalue weighted by Gasteiger charge is 2.12. The molecule has 0 bridgehead atoms. The van der Waals surface area contributed by atoms with Gasteiger partial charge < -0.3 is 14.9 Å². The first kappa shape index (κ1) is 11.6. The quantitative estimate of drug-likeness (QED) is 0.851. The number of hydrogen-bond acceptors (Lipinski definition) is 3. The molecule has 0 spiro atoms. The fourth-order valence-electron chi connectivity index (χ4n) is 1.97.